The van der Waals surface area contributed by atoms with Crippen LogP contribution >= 0.6 is 11.6 Å². The van der Waals surface area contributed by atoms with Crippen molar-refractivity contribution in [2.75, 3.05) is 6.54 Å². The van der Waals surface area contributed by atoms with Gasteiger partial charge in [-0.3, -0.25) is 4.79 Å². The van der Waals surface area contributed by atoms with Crippen molar-refractivity contribution in [2.24, 2.45) is 0 Å². The fourth-order valence-corrected chi connectivity index (χ4v) is 4.52. The second-order valence-corrected chi connectivity index (χ2v) is 9.78. The van der Waals surface area contributed by atoms with Crippen LogP contribution in [0.2, 0.25) is 5.02 Å². The van der Waals surface area contributed by atoms with E-state index in [0.717, 1.165) is 37.3 Å². The molecule has 5 nitrogen and oxygen atoms in total. The minimum atomic E-state index is -4.47. The van der Waals surface area contributed by atoms with E-state index in [0.29, 0.717) is 34.7 Å². The van der Waals surface area contributed by atoms with Gasteiger partial charge in [0.2, 0.25) is 0 Å². The van der Waals surface area contributed by atoms with E-state index in [2.05, 4.69) is 15.7 Å². The molecule has 1 heterocycles. The van der Waals surface area contributed by atoms with E-state index < -0.39 is 23.7 Å². The zero-order valence-electron chi connectivity index (χ0n) is 21.5. The van der Waals surface area contributed by atoms with E-state index in [1.165, 1.54) is 17.8 Å². The Morgan fingerprint density at radius 1 is 1.00 bits per heavy atom. The van der Waals surface area contributed by atoms with Crippen LogP contribution in [0, 0.1) is 6.92 Å². The highest BCUT2D eigenvalue weighted by Gasteiger charge is 2.31. The van der Waals surface area contributed by atoms with Crippen LogP contribution in [-0.2, 0) is 12.7 Å². The Hall–Kier alpha value is -3.62. The molecule has 1 amide bonds. The number of nitrogens with one attached hydrogen (secondary N) is 2. The summed E-state index contributed by atoms with van der Waals surface area (Å²) in [5.41, 5.74) is 2.57. The summed E-state index contributed by atoms with van der Waals surface area (Å²) in [4.78, 5) is 13.3. The molecule has 4 aromatic rings. The van der Waals surface area contributed by atoms with Gasteiger partial charge in [0.05, 0.1) is 34.7 Å². The summed E-state index contributed by atoms with van der Waals surface area (Å²) < 4.78 is 41.9. The van der Waals surface area contributed by atoms with E-state index in [1.807, 2.05) is 30.3 Å². The highest BCUT2D eigenvalue weighted by Crippen LogP contribution is 2.32. The SMILES string of the molecule is Cc1c(C(=O)N[C@@H](CCCCNCc2ccccc2)c2cccc(C(F)(F)F)c2)cnn1-c1ccc(Cl)cc1. The van der Waals surface area contributed by atoms with Crippen LogP contribution in [0.1, 0.15) is 58.0 Å². The van der Waals surface area contributed by atoms with Crippen molar-refractivity contribution in [1.29, 1.82) is 0 Å². The van der Waals surface area contributed by atoms with Gasteiger partial charge in [0.25, 0.3) is 5.91 Å². The molecule has 0 spiro atoms. The predicted octanol–water partition coefficient (Wildman–Crippen LogP) is 7.28. The molecular formula is C30H30ClF3N4O. The number of benzene rings is 3. The molecule has 0 aliphatic heterocycles. The lowest BCUT2D eigenvalue weighted by Crippen LogP contribution is -2.29. The van der Waals surface area contributed by atoms with Crippen LogP contribution in [0.15, 0.2) is 85.1 Å². The van der Waals surface area contributed by atoms with Crippen molar-refractivity contribution < 1.29 is 18.0 Å². The van der Waals surface area contributed by atoms with E-state index in [9.17, 15) is 18.0 Å². The Morgan fingerprint density at radius 2 is 1.74 bits per heavy atom. The number of halogens is 4. The third-order valence-corrected chi connectivity index (χ3v) is 6.77. The second-order valence-electron chi connectivity index (χ2n) is 9.34. The van der Waals surface area contributed by atoms with Crippen LogP contribution in [0.25, 0.3) is 5.69 Å². The van der Waals surface area contributed by atoms with Crippen molar-refractivity contribution >= 4 is 17.5 Å². The van der Waals surface area contributed by atoms with Gasteiger partial charge < -0.3 is 10.6 Å². The van der Waals surface area contributed by atoms with E-state index >= 15 is 0 Å². The normalized spacial score (nSPS) is 12.3. The summed E-state index contributed by atoms with van der Waals surface area (Å²) in [5.74, 6) is -0.391. The first-order valence-corrected chi connectivity index (χ1v) is 13.1. The van der Waals surface area contributed by atoms with Crippen LogP contribution in [0.5, 0.6) is 0 Å². The number of hydrogen-bond acceptors (Lipinski definition) is 3. The van der Waals surface area contributed by atoms with Crippen LogP contribution < -0.4 is 10.6 Å². The second kappa shape index (κ2) is 13.0. The smallest absolute Gasteiger partial charge is 0.345 e. The summed E-state index contributed by atoms with van der Waals surface area (Å²) in [7, 11) is 0. The molecule has 1 atom stereocenters. The van der Waals surface area contributed by atoms with Gasteiger partial charge in [-0.25, -0.2) is 4.68 Å². The molecule has 9 heteroatoms. The van der Waals surface area contributed by atoms with E-state index in [-0.39, 0.29) is 0 Å². The van der Waals surface area contributed by atoms with Crippen LogP contribution in [-0.4, -0.2) is 22.2 Å². The van der Waals surface area contributed by atoms with Gasteiger partial charge in [-0.1, -0.05) is 54.1 Å². The molecule has 39 heavy (non-hydrogen) atoms. The molecule has 3 aromatic carbocycles. The van der Waals surface area contributed by atoms with Gasteiger partial charge in [-0.15, -0.1) is 0 Å². The lowest BCUT2D eigenvalue weighted by atomic mass is 9.98. The lowest BCUT2D eigenvalue weighted by molar-refractivity contribution is -0.137. The number of carbonyl (C=O) groups excluding carboxylic acids is 1. The molecule has 204 valence electrons. The average molecular weight is 555 g/mol. The number of hydrogen-bond donors (Lipinski definition) is 2. The highest BCUT2D eigenvalue weighted by molar-refractivity contribution is 6.30. The van der Waals surface area contributed by atoms with Crippen molar-refractivity contribution in [1.82, 2.24) is 20.4 Å². The molecule has 0 saturated carbocycles. The van der Waals surface area contributed by atoms with Crippen LogP contribution in [0.4, 0.5) is 13.2 Å². The largest absolute Gasteiger partial charge is 0.416 e. The van der Waals surface area contributed by atoms with Gasteiger partial charge in [0.15, 0.2) is 0 Å². The fraction of sp³-hybridized carbons (Fsp3) is 0.267. The van der Waals surface area contributed by atoms with Gasteiger partial charge in [-0.2, -0.15) is 18.3 Å². The highest BCUT2D eigenvalue weighted by atomic mass is 35.5. The van der Waals surface area contributed by atoms with Gasteiger partial charge >= 0.3 is 6.18 Å². The third-order valence-electron chi connectivity index (χ3n) is 6.52. The van der Waals surface area contributed by atoms with Gasteiger partial charge in [0.1, 0.15) is 0 Å². The molecular weight excluding hydrogens is 525 g/mol. The van der Waals surface area contributed by atoms with Crippen LogP contribution in [0.3, 0.4) is 0 Å². The molecule has 2 N–H and O–H groups in total. The Bertz CT molecular complexity index is 1370. The predicted molar refractivity (Wildman–Crippen MR) is 147 cm³/mol. The molecule has 4 rings (SSSR count). The quantitative estimate of drug-likeness (QED) is 0.191. The van der Waals surface area contributed by atoms with Crippen molar-refractivity contribution in [3.05, 3.63) is 118 Å². The number of amides is 1. The number of aromatic nitrogens is 2. The molecule has 0 unspecified atom stereocenters. The number of unbranched alkanes of at least 4 members (excludes halogenated alkanes) is 1. The van der Waals surface area contributed by atoms with Gasteiger partial charge in [0, 0.05) is 11.6 Å². The summed E-state index contributed by atoms with van der Waals surface area (Å²) in [6, 6.07) is 21.6. The van der Waals surface area contributed by atoms with Gasteiger partial charge in [-0.05, 0) is 80.3 Å². The standard InChI is InChI=1S/C30H30ClF3N4O/c1-21-27(20-36-38(21)26-15-13-25(31)14-16-26)29(39)37-28(23-10-7-11-24(18-23)30(32,33)34)12-5-6-17-35-19-22-8-3-2-4-9-22/h2-4,7-11,13-16,18,20,28,35H,5-6,12,17,19H2,1H3,(H,37,39)/t28-/m0/s1. The fourth-order valence-electron chi connectivity index (χ4n) is 4.39. The maximum absolute atomic E-state index is 13.4. The maximum atomic E-state index is 13.4. The topological polar surface area (TPSA) is 59.0 Å². The number of carbonyl (C=O) groups is 1. The van der Waals surface area contributed by atoms with Crippen molar-refractivity contribution in [2.45, 2.75) is 44.9 Å². The minimum Gasteiger partial charge on any atom is -0.345 e. The van der Waals surface area contributed by atoms with E-state index in [4.69, 9.17) is 11.6 Å². The van der Waals surface area contributed by atoms with E-state index in [1.54, 1.807) is 41.9 Å². The summed E-state index contributed by atoms with van der Waals surface area (Å²) in [6.07, 6.45) is -0.986. The Morgan fingerprint density at radius 3 is 2.46 bits per heavy atom. The van der Waals surface area contributed by atoms with Crippen molar-refractivity contribution in [3.63, 3.8) is 0 Å². The Balaban J connectivity index is 1.45. The summed E-state index contributed by atoms with van der Waals surface area (Å²) in [6.45, 7) is 3.27. The first-order valence-electron chi connectivity index (χ1n) is 12.8. The Labute approximate surface area is 231 Å². The zero-order valence-corrected chi connectivity index (χ0v) is 22.3. The summed E-state index contributed by atoms with van der Waals surface area (Å²) in [5, 5.41) is 11.3. The first-order chi connectivity index (χ1) is 18.7. The third kappa shape index (κ3) is 7.71. The molecule has 0 saturated heterocycles. The maximum Gasteiger partial charge on any atom is 0.416 e. The molecule has 0 aliphatic rings. The first kappa shape index (κ1) is 28.4. The Kier molecular flexibility index (Phi) is 9.43. The molecule has 0 radical (unpaired) electrons. The monoisotopic (exact) mass is 554 g/mol. The minimum absolute atomic E-state index is 0.353. The molecule has 1 aromatic heterocycles. The number of nitrogens with zero attached hydrogens (tertiary/aromatic N) is 2. The molecule has 0 bridgehead atoms. The lowest BCUT2D eigenvalue weighted by Gasteiger charge is -2.21. The molecule has 0 fully saturated rings. The molecule has 0 aliphatic carbocycles. The average Bonchev–Trinajstić information content (AvgIpc) is 3.31. The zero-order chi connectivity index (χ0) is 27.8. The number of alkyl halides is 3. The summed E-state index contributed by atoms with van der Waals surface area (Å²) >= 11 is 5.98. The van der Waals surface area contributed by atoms with Crippen molar-refractivity contribution in [3.8, 4) is 5.69 Å². The number of rotatable bonds is 11.